The Hall–Kier alpha value is -2.57. The molecule has 146 valence electrons. The maximum absolute atomic E-state index is 13.0. The molecule has 0 unspecified atom stereocenters. The Bertz CT molecular complexity index is 707. The molecule has 2 N–H and O–H groups in total. The molecule has 6 nitrogen and oxygen atoms in total. The van der Waals surface area contributed by atoms with Gasteiger partial charge in [-0.25, -0.2) is 0 Å². The molecule has 1 aliphatic heterocycles. The van der Waals surface area contributed by atoms with Crippen LogP contribution in [-0.2, 0) is 15.8 Å². The van der Waals surface area contributed by atoms with Crippen molar-refractivity contribution in [1.82, 2.24) is 15.1 Å². The predicted molar refractivity (Wildman–Crippen MR) is 94.8 cm³/mol. The van der Waals surface area contributed by atoms with Crippen molar-refractivity contribution in [2.45, 2.75) is 6.18 Å². The molecular weight excluding hydrogens is 361 g/mol. The van der Waals surface area contributed by atoms with Gasteiger partial charge in [-0.05, 0) is 12.1 Å². The van der Waals surface area contributed by atoms with E-state index in [1.54, 1.807) is 0 Å². The van der Waals surface area contributed by atoms with E-state index in [0.717, 1.165) is 6.07 Å². The number of hydrogen-bond donors (Lipinski definition) is 2. The third-order valence-electron chi connectivity index (χ3n) is 4.09. The smallest absolute Gasteiger partial charge is 0.344 e. The van der Waals surface area contributed by atoms with Gasteiger partial charge in [0.2, 0.25) is 11.8 Å². The Morgan fingerprint density at radius 1 is 1.04 bits per heavy atom. The molecular formula is C18H21F3N4O2. The molecule has 0 aliphatic carbocycles. The molecule has 2 rings (SSSR count). The highest BCUT2D eigenvalue weighted by Crippen LogP contribution is 2.34. The molecule has 1 fully saturated rings. The first-order valence-corrected chi connectivity index (χ1v) is 8.40. The molecule has 0 radical (unpaired) electrons. The van der Waals surface area contributed by atoms with E-state index in [4.69, 9.17) is 6.42 Å². The average Bonchev–Trinajstić information content (AvgIpc) is 2.61. The van der Waals surface area contributed by atoms with Crippen molar-refractivity contribution in [2.24, 2.45) is 0 Å². The number of hydrogen-bond acceptors (Lipinski definition) is 4. The minimum Gasteiger partial charge on any atom is -0.344 e. The monoisotopic (exact) mass is 382 g/mol. The van der Waals surface area contributed by atoms with E-state index in [-0.39, 0.29) is 31.2 Å². The van der Waals surface area contributed by atoms with Crippen LogP contribution < -0.4 is 10.6 Å². The van der Waals surface area contributed by atoms with Crippen LogP contribution in [-0.4, -0.2) is 67.4 Å². The maximum Gasteiger partial charge on any atom is 0.418 e. The molecule has 1 saturated heterocycles. The average molecular weight is 382 g/mol. The minimum absolute atomic E-state index is 0.0106. The first-order valence-electron chi connectivity index (χ1n) is 8.40. The van der Waals surface area contributed by atoms with E-state index in [1.807, 2.05) is 9.80 Å². The molecule has 1 aromatic rings. The number of alkyl halides is 3. The fourth-order valence-electron chi connectivity index (χ4n) is 2.75. The second-order valence-electron chi connectivity index (χ2n) is 6.12. The summed E-state index contributed by atoms with van der Waals surface area (Å²) in [7, 11) is 0. The Balaban J connectivity index is 1.80. The number of piperazine rings is 1. The lowest BCUT2D eigenvalue weighted by Crippen LogP contribution is -2.51. The lowest BCUT2D eigenvalue weighted by Gasteiger charge is -2.33. The van der Waals surface area contributed by atoms with Crippen LogP contribution in [0.4, 0.5) is 18.9 Å². The molecule has 1 aliphatic rings. The van der Waals surface area contributed by atoms with Gasteiger partial charge in [0.25, 0.3) is 0 Å². The van der Waals surface area contributed by atoms with Gasteiger partial charge in [0.15, 0.2) is 0 Å². The van der Waals surface area contributed by atoms with Gasteiger partial charge in [0.1, 0.15) is 0 Å². The van der Waals surface area contributed by atoms with Crippen LogP contribution in [0.15, 0.2) is 24.3 Å². The van der Waals surface area contributed by atoms with Crippen LogP contribution in [0.25, 0.3) is 0 Å². The van der Waals surface area contributed by atoms with Gasteiger partial charge in [-0.2, -0.15) is 13.2 Å². The molecule has 27 heavy (non-hydrogen) atoms. The highest BCUT2D eigenvalue weighted by Gasteiger charge is 2.33. The zero-order valence-electron chi connectivity index (χ0n) is 14.7. The number of benzene rings is 1. The number of carbonyl (C=O) groups is 2. The van der Waals surface area contributed by atoms with Crippen LogP contribution in [0.1, 0.15) is 5.56 Å². The van der Waals surface area contributed by atoms with Crippen molar-refractivity contribution in [3.05, 3.63) is 29.8 Å². The number of amides is 2. The zero-order chi connectivity index (χ0) is 19.9. The van der Waals surface area contributed by atoms with E-state index in [0.29, 0.717) is 26.2 Å². The third-order valence-corrected chi connectivity index (χ3v) is 4.09. The van der Waals surface area contributed by atoms with Gasteiger partial charge >= 0.3 is 6.18 Å². The van der Waals surface area contributed by atoms with E-state index in [2.05, 4.69) is 16.6 Å². The van der Waals surface area contributed by atoms with E-state index in [1.165, 1.54) is 18.2 Å². The second kappa shape index (κ2) is 9.39. The summed E-state index contributed by atoms with van der Waals surface area (Å²) in [6, 6.07) is 4.87. The fraction of sp³-hybridized carbons (Fsp3) is 0.444. The lowest BCUT2D eigenvalue weighted by atomic mass is 10.1. The summed E-state index contributed by atoms with van der Waals surface area (Å²) in [5.41, 5.74) is -1.13. The number of para-hydroxylation sites is 1. The van der Waals surface area contributed by atoms with Crippen LogP contribution in [0.3, 0.4) is 0 Å². The van der Waals surface area contributed by atoms with Gasteiger partial charge in [0.05, 0.1) is 30.9 Å². The summed E-state index contributed by atoms with van der Waals surface area (Å²) in [6.45, 7) is 2.63. The topological polar surface area (TPSA) is 64.7 Å². The highest BCUT2D eigenvalue weighted by molar-refractivity contribution is 5.93. The number of anilines is 1. The summed E-state index contributed by atoms with van der Waals surface area (Å²) < 4.78 is 38.9. The molecule has 1 aromatic carbocycles. The van der Waals surface area contributed by atoms with E-state index >= 15 is 0 Å². The first-order chi connectivity index (χ1) is 12.8. The number of halogens is 3. The SMILES string of the molecule is C#CCNC(=O)CN1CCN(CC(=O)Nc2ccccc2C(F)(F)F)CC1. The van der Waals surface area contributed by atoms with Crippen molar-refractivity contribution < 1.29 is 22.8 Å². The number of nitrogens with one attached hydrogen (secondary N) is 2. The molecule has 0 aromatic heterocycles. The zero-order valence-corrected chi connectivity index (χ0v) is 14.7. The Kier molecular flexibility index (Phi) is 7.21. The summed E-state index contributed by atoms with van der Waals surface area (Å²) in [5, 5.41) is 4.92. The number of terminal acetylenes is 1. The summed E-state index contributed by atoms with van der Waals surface area (Å²) in [5.74, 6) is 1.65. The summed E-state index contributed by atoms with van der Waals surface area (Å²) >= 11 is 0. The summed E-state index contributed by atoms with van der Waals surface area (Å²) in [6.07, 6.45) is 0.545. The van der Waals surface area contributed by atoms with Crippen molar-refractivity contribution >= 4 is 17.5 Å². The highest BCUT2D eigenvalue weighted by atomic mass is 19.4. The number of rotatable bonds is 6. The number of nitrogens with zero attached hydrogens (tertiary/aromatic N) is 2. The quantitative estimate of drug-likeness (QED) is 0.721. The Labute approximate surface area is 155 Å². The third kappa shape index (κ3) is 6.58. The molecule has 0 atom stereocenters. The molecule has 1 heterocycles. The Morgan fingerprint density at radius 2 is 1.59 bits per heavy atom. The van der Waals surface area contributed by atoms with Crippen molar-refractivity contribution in [3.63, 3.8) is 0 Å². The van der Waals surface area contributed by atoms with E-state index < -0.39 is 17.6 Å². The van der Waals surface area contributed by atoms with Gasteiger partial charge in [0, 0.05) is 26.2 Å². The molecule has 2 amide bonds. The first kappa shape index (κ1) is 20.7. The second-order valence-corrected chi connectivity index (χ2v) is 6.12. The van der Waals surface area contributed by atoms with Gasteiger partial charge < -0.3 is 10.6 Å². The van der Waals surface area contributed by atoms with E-state index in [9.17, 15) is 22.8 Å². The molecule has 0 bridgehead atoms. The van der Waals surface area contributed by atoms with Crippen LogP contribution in [0.2, 0.25) is 0 Å². The van der Waals surface area contributed by atoms with Crippen molar-refractivity contribution in [3.8, 4) is 12.3 Å². The van der Waals surface area contributed by atoms with Gasteiger partial charge in [-0.3, -0.25) is 19.4 Å². The fourth-order valence-corrected chi connectivity index (χ4v) is 2.75. The molecule has 9 heteroatoms. The maximum atomic E-state index is 13.0. The van der Waals surface area contributed by atoms with Crippen molar-refractivity contribution in [1.29, 1.82) is 0 Å². The largest absolute Gasteiger partial charge is 0.418 e. The Morgan fingerprint density at radius 3 is 2.15 bits per heavy atom. The standard InChI is InChI=1S/C18H21F3N4O2/c1-2-7-22-16(26)12-24-8-10-25(11-9-24)13-17(27)23-15-6-4-3-5-14(15)18(19,20)21/h1,3-6H,7-13H2,(H,22,26)(H,23,27). The normalized spacial score (nSPS) is 15.8. The summed E-state index contributed by atoms with van der Waals surface area (Å²) in [4.78, 5) is 27.5. The molecule has 0 spiro atoms. The number of carbonyl (C=O) groups excluding carboxylic acids is 2. The predicted octanol–water partition coefficient (Wildman–Crippen LogP) is 1.01. The lowest BCUT2D eigenvalue weighted by molar-refractivity contribution is -0.137. The van der Waals surface area contributed by atoms with Crippen LogP contribution in [0, 0.1) is 12.3 Å². The van der Waals surface area contributed by atoms with Crippen LogP contribution >= 0.6 is 0 Å². The minimum atomic E-state index is -4.53. The van der Waals surface area contributed by atoms with Crippen molar-refractivity contribution in [2.75, 3.05) is 51.1 Å². The van der Waals surface area contributed by atoms with Crippen LogP contribution in [0.5, 0.6) is 0 Å². The van der Waals surface area contributed by atoms with Gasteiger partial charge in [-0.1, -0.05) is 18.1 Å². The van der Waals surface area contributed by atoms with Gasteiger partial charge in [-0.15, -0.1) is 6.42 Å². The molecule has 0 saturated carbocycles.